The van der Waals surface area contributed by atoms with E-state index >= 15 is 0 Å². The molecule has 2 rings (SSSR count). The number of hydrogen-bond donors (Lipinski definition) is 2. The van der Waals surface area contributed by atoms with E-state index < -0.39 is 24.0 Å². The molecule has 0 aliphatic rings. The molecule has 2 N–H and O–H groups in total. The van der Waals surface area contributed by atoms with Crippen LogP contribution in [0.25, 0.3) is 0 Å². The van der Waals surface area contributed by atoms with Gasteiger partial charge in [-0.3, -0.25) is 0 Å². The molecule has 0 amide bonds. The number of aliphatic hydroxyl groups excluding tert-OH is 1. The molecule has 0 heterocycles. The number of aliphatic hydroxyl groups is 1. The third-order valence-corrected chi connectivity index (χ3v) is 4.02. The van der Waals surface area contributed by atoms with Gasteiger partial charge >= 0.3 is 6.18 Å². The highest BCUT2D eigenvalue weighted by molar-refractivity contribution is 9.10. The van der Waals surface area contributed by atoms with E-state index in [1.165, 1.54) is 12.1 Å². The van der Waals surface area contributed by atoms with Gasteiger partial charge in [-0.1, -0.05) is 22.0 Å². The van der Waals surface area contributed by atoms with Crippen molar-refractivity contribution in [1.29, 1.82) is 0 Å². The summed E-state index contributed by atoms with van der Waals surface area (Å²) < 4.78 is 57.7. The fourth-order valence-corrected chi connectivity index (χ4v) is 2.77. The van der Waals surface area contributed by atoms with Crippen LogP contribution < -0.4 is 10.1 Å². The Labute approximate surface area is 157 Å². The molecular weight excluding hydrogens is 418 g/mol. The molecule has 0 bridgehead atoms. The Morgan fingerprint density at radius 1 is 1.08 bits per heavy atom. The number of hydrogen-bond acceptors (Lipinski definition) is 3. The van der Waals surface area contributed by atoms with Crippen molar-refractivity contribution in [2.24, 2.45) is 0 Å². The molecule has 0 aliphatic carbocycles. The number of halogens is 5. The van der Waals surface area contributed by atoms with Gasteiger partial charge < -0.3 is 15.2 Å². The van der Waals surface area contributed by atoms with E-state index in [0.717, 1.165) is 16.1 Å². The molecule has 0 aromatic heterocycles. The van der Waals surface area contributed by atoms with Crippen LogP contribution in [0.15, 0.2) is 40.9 Å². The van der Waals surface area contributed by atoms with Gasteiger partial charge in [0.05, 0.1) is 13.0 Å². The lowest BCUT2D eigenvalue weighted by Gasteiger charge is -2.14. The smallest absolute Gasteiger partial charge is 0.393 e. The third kappa shape index (κ3) is 6.59. The summed E-state index contributed by atoms with van der Waals surface area (Å²) in [7, 11) is 0. The fourth-order valence-electron chi connectivity index (χ4n) is 2.36. The molecule has 26 heavy (non-hydrogen) atoms. The molecule has 3 nitrogen and oxygen atoms in total. The van der Waals surface area contributed by atoms with Crippen LogP contribution in [-0.4, -0.2) is 24.4 Å². The monoisotopic (exact) mass is 435 g/mol. The first kappa shape index (κ1) is 20.7. The summed E-state index contributed by atoms with van der Waals surface area (Å²) in [6.07, 6.45) is -5.79. The van der Waals surface area contributed by atoms with Crippen molar-refractivity contribution < 1.29 is 27.4 Å². The molecule has 0 saturated heterocycles. The van der Waals surface area contributed by atoms with Crippen LogP contribution >= 0.6 is 15.9 Å². The van der Waals surface area contributed by atoms with Crippen molar-refractivity contribution in [2.45, 2.75) is 25.7 Å². The lowest BCUT2D eigenvalue weighted by atomic mass is 10.1. The van der Waals surface area contributed by atoms with Gasteiger partial charge in [0, 0.05) is 23.1 Å². The lowest BCUT2D eigenvalue weighted by Crippen LogP contribution is -2.18. The summed E-state index contributed by atoms with van der Waals surface area (Å²) in [5, 5.41) is 11.9. The molecular formula is C18H18BrF4NO2. The Kier molecular flexibility index (Phi) is 7.43. The number of alkyl halides is 3. The third-order valence-electron chi connectivity index (χ3n) is 3.52. The van der Waals surface area contributed by atoms with Gasteiger partial charge in [0.15, 0.2) is 0 Å². The van der Waals surface area contributed by atoms with Crippen LogP contribution in [0.4, 0.5) is 17.6 Å². The minimum atomic E-state index is -4.47. The number of benzene rings is 2. The van der Waals surface area contributed by atoms with Crippen molar-refractivity contribution in [3.05, 3.63) is 63.4 Å². The number of nitrogens with one attached hydrogen (secondary N) is 1. The second kappa shape index (κ2) is 9.34. The van der Waals surface area contributed by atoms with Crippen LogP contribution in [0.1, 0.15) is 16.7 Å². The molecule has 0 unspecified atom stereocenters. The average Bonchev–Trinajstić information content (AvgIpc) is 2.56. The second-order valence-corrected chi connectivity index (χ2v) is 6.57. The fraction of sp³-hybridized carbons (Fsp3) is 0.333. The van der Waals surface area contributed by atoms with E-state index in [4.69, 9.17) is 9.84 Å². The standard InChI is InChI=1S/C18H18BrF4NO2/c19-15-2-4-17(14(8-15)10-24-5-6-25)26-11-12-1-3-16(20)13(7-12)9-18(21,22)23/h1-4,7-8,24-25H,5-6,9-11H2. The number of rotatable bonds is 8. The van der Waals surface area contributed by atoms with Crippen molar-refractivity contribution in [3.63, 3.8) is 0 Å². The quantitative estimate of drug-likeness (QED) is 0.478. The Morgan fingerprint density at radius 2 is 1.85 bits per heavy atom. The Bertz CT molecular complexity index is 738. The van der Waals surface area contributed by atoms with Crippen LogP contribution in [0.5, 0.6) is 5.75 Å². The van der Waals surface area contributed by atoms with Crippen LogP contribution in [0.2, 0.25) is 0 Å². The molecule has 0 fully saturated rings. The molecule has 142 valence electrons. The van der Waals surface area contributed by atoms with E-state index in [-0.39, 0.29) is 13.2 Å². The van der Waals surface area contributed by atoms with Gasteiger partial charge in [0.25, 0.3) is 0 Å². The van der Waals surface area contributed by atoms with Gasteiger partial charge in [0.1, 0.15) is 18.2 Å². The van der Waals surface area contributed by atoms with E-state index in [9.17, 15) is 17.6 Å². The molecule has 0 radical (unpaired) electrons. The average molecular weight is 436 g/mol. The van der Waals surface area contributed by atoms with Crippen LogP contribution in [0, 0.1) is 5.82 Å². The van der Waals surface area contributed by atoms with Crippen molar-refractivity contribution in [2.75, 3.05) is 13.2 Å². The molecule has 8 heteroatoms. The summed E-state index contributed by atoms with van der Waals surface area (Å²) >= 11 is 3.37. The Balaban J connectivity index is 2.10. The van der Waals surface area contributed by atoms with E-state index in [1.54, 1.807) is 12.1 Å². The maximum atomic E-state index is 13.6. The van der Waals surface area contributed by atoms with Crippen molar-refractivity contribution >= 4 is 15.9 Å². The van der Waals surface area contributed by atoms with Crippen LogP contribution in [-0.2, 0) is 19.6 Å². The van der Waals surface area contributed by atoms with Gasteiger partial charge in [0.2, 0.25) is 0 Å². The maximum Gasteiger partial charge on any atom is 0.393 e. The van der Waals surface area contributed by atoms with Gasteiger partial charge in [-0.25, -0.2) is 4.39 Å². The van der Waals surface area contributed by atoms with E-state index in [0.29, 0.717) is 24.4 Å². The zero-order valence-corrected chi connectivity index (χ0v) is 15.3. The first-order valence-corrected chi connectivity index (χ1v) is 8.64. The molecule has 0 spiro atoms. The molecule has 2 aromatic rings. The van der Waals surface area contributed by atoms with E-state index in [2.05, 4.69) is 21.2 Å². The summed E-state index contributed by atoms with van der Waals surface area (Å²) in [6, 6.07) is 8.96. The SMILES string of the molecule is OCCNCc1cc(Br)ccc1OCc1ccc(F)c(CC(F)(F)F)c1. The van der Waals surface area contributed by atoms with Crippen molar-refractivity contribution in [1.82, 2.24) is 5.32 Å². The zero-order valence-electron chi connectivity index (χ0n) is 13.7. The minimum Gasteiger partial charge on any atom is -0.489 e. The summed E-state index contributed by atoms with van der Waals surface area (Å²) in [5.74, 6) is -0.330. The predicted molar refractivity (Wildman–Crippen MR) is 93.4 cm³/mol. The highest BCUT2D eigenvalue weighted by Gasteiger charge is 2.29. The topological polar surface area (TPSA) is 41.5 Å². The Hall–Kier alpha value is -1.64. The highest BCUT2D eigenvalue weighted by Crippen LogP contribution is 2.26. The molecule has 0 atom stereocenters. The zero-order chi connectivity index (χ0) is 19.2. The van der Waals surface area contributed by atoms with E-state index in [1.807, 2.05) is 6.07 Å². The largest absolute Gasteiger partial charge is 0.489 e. The van der Waals surface area contributed by atoms with Gasteiger partial charge in [-0.15, -0.1) is 0 Å². The molecule has 2 aromatic carbocycles. The van der Waals surface area contributed by atoms with Gasteiger partial charge in [-0.05, 0) is 41.5 Å². The first-order valence-electron chi connectivity index (χ1n) is 7.85. The summed E-state index contributed by atoms with van der Waals surface area (Å²) in [5.41, 5.74) is 0.868. The van der Waals surface area contributed by atoms with Crippen molar-refractivity contribution in [3.8, 4) is 5.75 Å². The Morgan fingerprint density at radius 3 is 2.54 bits per heavy atom. The normalized spacial score (nSPS) is 11.6. The highest BCUT2D eigenvalue weighted by atomic mass is 79.9. The summed E-state index contributed by atoms with van der Waals surface area (Å²) in [4.78, 5) is 0. The number of ether oxygens (including phenoxy) is 1. The summed E-state index contributed by atoms with van der Waals surface area (Å²) in [6.45, 7) is 0.893. The molecule has 0 aliphatic heterocycles. The second-order valence-electron chi connectivity index (χ2n) is 5.66. The minimum absolute atomic E-state index is 0.00174. The lowest BCUT2D eigenvalue weighted by molar-refractivity contribution is -0.127. The predicted octanol–water partition coefficient (Wildman–Crippen LogP) is 4.35. The van der Waals surface area contributed by atoms with Crippen LogP contribution in [0.3, 0.4) is 0 Å². The molecule has 0 saturated carbocycles. The van der Waals surface area contributed by atoms with Gasteiger partial charge in [-0.2, -0.15) is 13.2 Å². The maximum absolute atomic E-state index is 13.6. The first-order chi connectivity index (χ1) is 12.3.